The lowest BCUT2D eigenvalue weighted by atomic mass is 10.0. The van der Waals surface area contributed by atoms with Crippen molar-refractivity contribution in [2.75, 3.05) is 13.1 Å². The predicted molar refractivity (Wildman–Crippen MR) is 75.6 cm³/mol. The molecule has 1 aliphatic heterocycles. The van der Waals surface area contributed by atoms with Gasteiger partial charge in [0.25, 0.3) is 0 Å². The first kappa shape index (κ1) is 14.4. The topological polar surface area (TPSA) is 46.3 Å². The second-order valence-electron chi connectivity index (χ2n) is 6.01. The van der Waals surface area contributed by atoms with Crippen LogP contribution in [-0.2, 0) is 4.79 Å². The van der Waals surface area contributed by atoms with Crippen molar-refractivity contribution in [3.8, 4) is 0 Å². The van der Waals surface area contributed by atoms with Gasteiger partial charge >= 0.3 is 0 Å². The van der Waals surface area contributed by atoms with Gasteiger partial charge in [-0.2, -0.15) is 0 Å². The summed E-state index contributed by atoms with van der Waals surface area (Å²) in [6.07, 6.45) is 3.63. The number of hydrogen-bond donors (Lipinski definition) is 1. The van der Waals surface area contributed by atoms with E-state index in [0.29, 0.717) is 18.5 Å². The lowest BCUT2D eigenvalue weighted by molar-refractivity contribution is -0.136. The van der Waals surface area contributed by atoms with Gasteiger partial charge in [-0.1, -0.05) is 12.1 Å². The lowest BCUT2D eigenvalue weighted by Gasteiger charge is -2.35. The van der Waals surface area contributed by atoms with Gasteiger partial charge in [-0.25, -0.2) is 8.78 Å². The van der Waals surface area contributed by atoms with E-state index in [-0.39, 0.29) is 23.8 Å². The minimum atomic E-state index is -0.844. The number of carbonyl (C=O) groups excluding carboxylic acids is 1. The van der Waals surface area contributed by atoms with Gasteiger partial charge in [0.05, 0.1) is 0 Å². The van der Waals surface area contributed by atoms with E-state index in [0.717, 1.165) is 31.9 Å². The van der Waals surface area contributed by atoms with Crippen LogP contribution in [0.3, 0.4) is 0 Å². The van der Waals surface area contributed by atoms with Crippen LogP contribution in [0.1, 0.15) is 37.2 Å². The Kier molecular flexibility index (Phi) is 3.93. The Balaban J connectivity index is 1.72. The number of carbonyl (C=O) groups is 1. The van der Waals surface area contributed by atoms with Crippen molar-refractivity contribution in [3.63, 3.8) is 0 Å². The fourth-order valence-corrected chi connectivity index (χ4v) is 3.37. The molecule has 0 aromatic heterocycles. The van der Waals surface area contributed by atoms with E-state index in [4.69, 9.17) is 5.73 Å². The molecule has 2 N–H and O–H groups in total. The Morgan fingerprint density at radius 1 is 1.33 bits per heavy atom. The Morgan fingerprint density at radius 2 is 2.14 bits per heavy atom. The maximum Gasteiger partial charge on any atom is 0.226 e. The van der Waals surface area contributed by atoms with Crippen LogP contribution in [0.25, 0.3) is 0 Å². The van der Waals surface area contributed by atoms with Crippen LogP contribution >= 0.6 is 0 Å². The quantitative estimate of drug-likeness (QED) is 0.930. The first-order valence-corrected chi connectivity index (χ1v) is 7.58. The maximum atomic E-state index is 13.8. The largest absolute Gasteiger partial charge is 0.338 e. The van der Waals surface area contributed by atoms with Crippen LogP contribution in [0.2, 0.25) is 0 Å². The summed E-state index contributed by atoms with van der Waals surface area (Å²) in [5.74, 6) is -2.00. The highest BCUT2D eigenvalue weighted by Crippen LogP contribution is 2.49. The minimum absolute atomic E-state index is 0.0545. The summed E-state index contributed by atoms with van der Waals surface area (Å²) in [7, 11) is 0. The predicted octanol–water partition coefficient (Wildman–Crippen LogP) is 2.41. The number of amides is 1. The van der Waals surface area contributed by atoms with Crippen molar-refractivity contribution in [2.24, 2.45) is 11.7 Å². The van der Waals surface area contributed by atoms with Crippen LogP contribution in [-0.4, -0.2) is 29.9 Å². The molecule has 5 heteroatoms. The number of likely N-dealkylation sites (tertiary alicyclic amines) is 1. The maximum absolute atomic E-state index is 13.8. The van der Waals surface area contributed by atoms with Gasteiger partial charge in [0.1, 0.15) is 0 Å². The standard InChI is InChI=1S/C16H20F2N2O/c17-14-6-3-5-11(15(14)18)12-8-13(12)16(21)20-7-2-1-4-10(20)9-19/h3,5-6,10,12-13H,1-2,4,7-9,19H2/t10-,12+,13+/m0/s1. The molecule has 1 saturated heterocycles. The van der Waals surface area contributed by atoms with Crippen molar-refractivity contribution >= 4 is 5.91 Å². The molecule has 0 spiro atoms. The van der Waals surface area contributed by atoms with Gasteiger partial charge in [0.2, 0.25) is 5.91 Å². The Morgan fingerprint density at radius 3 is 2.90 bits per heavy atom. The summed E-state index contributed by atoms with van der Waals surface area (Å²) < 4.78 is 27.1. The van der Waals surface area contributed by atoms with Crippen LogP contribution in [0.15, 0.2) is 18.2 Å². The van der Waals surface area contributed by atoms with Crippen LogP contribution in [0.5, 0.6) is 0 Å². The third-order valence-corrected chi connectivity index (χ3v) is 4.67. The second-order valence-corrected chi connectivity index (χ2v) is 6.01. The smallest absolute Gasteiger partial charge is 0.226 e. The van der Waals surface area contributed by atoms with E-state index in [1.54, 1.807) is 6.07 Å². The number of nitrogens with two attached hydrogens (primary N) is 1. The molecule has 21 heavy (non-hydrogen) atoms. The summed E-state index contributed by atoms with van der Waals surface area (Å²) in [6.45, 7) is 1.20. The number of nitrogens with zero attached hydrogens (tertiary/aromatic N) is 1. The van der Waals surface area contributed by atoms with E-state index in [9.17, 15) is 13.6 Å². The normalized spacial score (nSPS) is 28.5. The number of halogens is 2. The van der Waals surface area contributed by atoms with E-state index in [1.165, 1.54) is 6.07 Å². The van der Waals surface area contributed by atoms with E-state index in [2.05, 4.69) is 0 Å². The molecule has 2 fully saturated rings. The van der Waals surface area contributed by atoms with Crippen LogP contribution < -0.4 is 5.73 Å². The summed E-state index contributed by atoms with van der Waals surface area (Å²) in [5, 5.41) is 0. The Labute approximate surface area is 123 Å². The van der Waals surface area contributed by atoms with E-state index >= 15 is 0 Å². The van der Waals surface area contributed by atoms with Gasteiger partial charge in [-0.05, 0) is 43.2 Å². The number of hydrogen-bond acceptors (Lipinski definition) is 2. The highest BCUT2D eigenvalue weighted by Gasteiger charge is 2.48. The van der Waals surface area contributed by atoms with Gasteiger partial charge < -0.3 is 10.6 Å². The molecule has 0 unspecified atom stereocenters. The van der Waals surface area contributed by atoms with Crippen molar-refractivity contribution in [1.29, 1.82) is 0 Å². The van der Waals surface area contributed by atoms with Crippen molar-refractivity contribution in [3.05, 3.63) is 35.4 Å². The number of benzene rings is 1. The molecular formula is C16H20F2N2O. The first-order valence-electron chi connectivity index (χ1n) is 7.58. The van der Waals surface area contributed by atoms with Gasteiger partial charge in [0.15, 0.2) is 11.6 Å². The summed E-state index contributed by atoms with van der Waals surface area (Å²) in [4.78, 5) is 14.4. The Bertz CT molecular complexity index is 549. The Hall–Kier alpha value is -1.49. The molecule has 1 aromatic carbocycles. The molecule has 1 aromatic rings. The van der Waals surface area contributed by atoms with E-state index in [1.807, 2.05) is 4.90 Å². The second kappa shape index (κ2) is 5.72. The average molecular weight is 294 g/mol. The highest BCUT2D eigenvalue weighted by molar-refractivity contribution is 5.83. The van der Waals surface area contributed by atoms with Crippen molar-refractivity contribution in [1.82, 2.24) is 4.90 Å². The molecule has 1 heterocycles. The van der Waals surface area contributed by atoms with Crippen LogP contribution in [0.4, 0.5) is 8.78 Å². The molecule has 0 radical (unpaired) electrons. The summed E-state index contributed by atoms with van der Waals surface area (Å²) in [6, 6.07) is 4.28. The zero-order valence-electron chi connectivity index (χ0n) is 11.9. The molecule has 114 valence electrons. The first-order chi connectivity index (χ1) is 10.1. The highest BCUT2D eigenvalue weighted by atomic mass is 19.2. The third kappa shape index (κ3) is 2.67. The fraction of sp³-hybridized carbons (Fsp3) is 0.562. The molecule has 0 bridgehead atoms. The molecule has 2 aliphatic rings. The molecular weight excluding hydrogens is 274 g/mol. The van der Waals surface area contributed by atoms with Crippen molar-refractivity contribution < 1.29 is 13.6 Å². The lowest BCUT2D eigenvalue weighted by Crippen LogP contribution is -2.48. The minimum Gasteiger partial charge on any atom is -0.338 e. The molecule has 1 aliphatic carbocycles. The monoisotopic (exact) mass is 294 g/mol. The van der Waals surface area contributed by atoms with Crippen LogP contribution in [0, 0.1) is 17.6 Å². The van der Waals surface area contributed by atoms with Gasteiger partial charge in [0, 0.05) is 25.0 Å². The molecule has 3 atom stereocenters. The fourth-order valence-electron chi connectivity index (χ4n) is 3.37. The summed E-state index contributed by atoms with van der Waals surface area (Å²) >= 11 is 0. The third-order valence-electron chi connectivity index (χ3n) is 4.67. The van der Waals surface area contributed by atoms with E-state index < -0.39 is 11.6 Å². The van der Waals surface area contributed by atoms with Gasteiger partial charge in [-0.15, -0.1) is 0 Å². The molecule has 1 amide bonds. The molecule has 1 saturated carbocycles. The number of rotatable bonds is 3. The number of piperidine rings is 1. The van der Waals surface area contributed by atoms with Gasteiger partial charge in [-0.3, -0.25) is 4.79 Å². The SMILES string of the molecule is NC[C@@H]1CCCCN1C(=O)[C@@H]1C[C@@H]1c1cccc(F)c1F. The zero-order chi connectivity index (χ0) is 15.0. The average Bonchev–Trinajstić information content (AvgIpc) is 3.29. The van der Waals surface area contributed by atoms with Crippen molar-refractivity contribution in [2.45, 2.75) is 37.6 Å². The molecule has 3 rings (SSSR count). The zero-order valence-corrected chi connectivity index (χ0v) is 11.9. The summed E-state index contributed by atoms with van der Waals surface area (Å²) in [5.41, 5.74) is 6.07. The molecule has 3 nitrogen and oxygen atoms in total.